The lowest BCUT2D eigenvalue weighted by Crippen LogP contribution is -2.29. The van der Waals surface area contributed by atoms with Crippen molar-refractivity contribution in [2.75, 3.05) is 0 Å². The SMILES string of the molecule is Cc1nc(CSc2ccc(C(=O)N(Cc3cccs3)Cc3cccs3)cc2)cs1. The van der Waals surface area contributed by atoms with Gasteiger partial charge in [-0.05, 0) is 54.1 Å². The zero-order valence-electron chi connectivity index (χ0n) is 15.9. The molecule has 1 amide bonds. The molecular weight excluding hydrogens is 437 g/mol. The van der Waals surface area contributed by atoms with Crippen molar-refractivity contribution in [2.45, 2.75) is 30.7 Å². The number of aryl methyl sites for hydroxylation is 1. The monoisotopic (exact) mass is 456 g/mol. The van der Waals surface area contributed by atoms with Crippen LogP contribution in [-0.2, 0) is 18.8 Å². The first kappa shape index (κ1) is 20.3. The molecule has 3 nitrogen and oxygen atoms in total. The molecule has 0 aliphatic rings. The fourth-order valence-corrected chi connectivity index (χ4v) is 5.84. The van der Waals surface area contributed by atoms with Gasteiger partial charge in [0, 0.05) is 31.3 Å². The number of carbonyl (C=O) groups is 1. The van der Waals surface area contributed by atoms with Crippen molar-refractivity contribution >= 4 is 51.7 Å². The van der Waals surface area contributed by atoms with Gasteiger partial charge in [0.2, 0.25) is 0 Å². The Hall–Kier alpha value is -1.93. The van der Waals surface area contributed by atoms with Gasteiger partial charge in [0.25, 0.3) is 5.91 Å². The molecule has 4 rings (SSSR count). The summed E-state index contributed by atoms with van der Waals surface area (Å²) >= 11 is 6.80. The third-order valence-electron chi connectivity index (χ3n) is 4.30. The van der Waals surface area contributed by atoms with Gasteiger partial charge in [0.1, 0.15) is 0 Å². The Bertz CT molecular complexity index is 1000. The van der Waals surface area contributed by atoms with Gasteiger partial charge in [-0.1, -0.05) is 12.1 Å². The van der Waals surface area contributed by atoms with Crippen molar-refractivity contribution in [3.63, 3.8) is 0 Å². The number of hydrogen-bond acceptors (Lipinski definition) is 6. The lowest BCUT2D eigenvalue weighted by atomic mass is 10.2. The van der Waals surface area contributed by atoms with E-state index in [9.17, 15) is 4.79 Å². The highest BCUT2D eigenvalue weighted by Gasteiger charge is 2.18. The van der Waals surface area contributed by atoms with E-state index in [1.165, 1.54) is 9.75 Å². The Balaban J connectivity index is 1.44. The van der Waals surface area contributed by atoms with Gasteiger partial charge >= 0.3 is 0 Å². The highest BCUT2D eigenvalue weighted by molar-refractivity contribution is 7.98. The van der Waals surface area contributed by atoms with E-state index in [4.69, 9.17) is 0 Å². The van der Waals surface area contributed by atoms with E-state index in [-0.39, 0.29) is 5.91 Å². The Kier molecular flexibility index (Phi) is 6.82. The highest BCUT2D eigenvalue weighted by atomic mass is 32.2. The molecule has 0 aliphatic heterocycles. The van der Waals surface area contributed by atoms with Crippen molar-refractivity contribution < 1.29 is 4.79 Å². The van der Waals surface area contributed by atoms with Gasteiger partial charge in [-0.15, -0.1) is 45.8 Å². The number of amides is 1. The number of rotatable bonds is 8. The molecule has 4 aromatic rings. The van der Waals surface area contributed by atoms with Gasteiger partial charge in [-0.25, -0.2) is 4.98 Å². The summed E-state index contributed by atoms with van der Waals surface area (Å²) in [6.45, 7) is 3.29. The number of carbonyl (C=O) groups excluding carboxylic acids is 1. The minimum absolute atomic E-state index is 0.0680. The quantitative estimate of drug-likeness (QED) is 0.276. The molecule has 0 spiro atoms. The molecule has 0 radical (unpaired) electrons. The third-order valence-corrected chi connectivity index (χ3v) is 7.89. The molecule has 29 heavy (non-hydrogen) atoms. The van der Waals surface area contributed by atoms with Crippen LogP contribution < -0.4 is 0 Å². The smallest absolute Gasteiger partial charge is 0.254 e. The summed E-state index contributed by atoms with van der Waals surface area (Å²) in [6.07, 6.45) is 0. The van der Waals surface area contributed by atoms with Crippen LogP contribution in [0.3, 0.4) is 0 Å². The summed E-state index contributed by atoms with van der Waals surface area (Å²) in [6, 6.07) is 16.2. The van der Waals surface area contributed by atoms with Gasteiger partial charge in [-0.2, -0.15) is 0 Å². The van der Waals surface area contributed by atoms with E-state index in [2.05, 4.69) is 33.3 Å². The van der Waals surface area contributed by atoms with E-state index < -0.39 is 0 Å². The molecule has 0 saturated carbocycles. The maximum absolute atomic E-state index is 13.2. The molecule has 0 unspecified atom stereocenters. The number of thiazole rings is 1. The lowest BCUT2D eigenvalue weighted by Gasteiger charge is -2.22. The number of hydrogen-bond donors (Lipinski definition) is 0. The predicted octanol–water partition coefficient (Wildman–Crippen LogP) is 6.71. The highest BCUT2D eigenvalue weighted by Crippen LogP contribution is 2.25. The maximum Gasteiger partial charge on any atom is 0.254 e. The largest absolute Gasteiger partial charge is 0.328 e. The normalized spacial score (nSPS) is 10.9. The van der Waals surface area contributed by atoms with Crippen molar-refractivity contribution in [3.05, 3.63) is 90.7 Å². The molecular formula is C22H20N2OS4. The maximum atomic E-state index is 13.2. The second-order valence-electron chi connectivity index (χ2n) is 6.49. The van der Waals surface area contributed by atoms with E-state index in [1.54, 1.807) is 45.8 Å². The van der Waals surface area contributed by atoms with E-state index >= 15 is 0 Å². The summed E-state index contributed by atoms with van der Waals surface area (Å²) < 4.78 is 0. The van der Waals surface area contributed by atoms with Gasteiger partial charge in [-0.3, -0.25) is 4.79 Å². The molecule has 3 aromatic heterocycles. The first-order valence-electron chi connectivity index (χ1n) is 9.15. The molecule has 0 bridgehead atoms. The summed E-state index contributed by atoms with van der Waals surface area (Å²) in [7, 11) is 0. The molecule has 0 atom stereocenters. The van der Waals surface area contributed by atoms with Crippen LogP contribution in [0.25, 0.3) is 0 Å². The minimum Gasteiger partial charge on any atom is -0.328 e. The molecule has 0 saturated heterocycles. The first-order chi connectivity index (χ1) is 14.2. The van der Waals surface area contributed by atoms with Crippen LogP contribution in [0.5, 0.6) is 0 Å². The van der Waals surface area contributed by atoms with Crippen LogP contribution in [0.2, 0.25) is 0 Å². The number of thioether (sulfide) groups is 1. The first-order valence-corrected chi connectivity index (χ1v) is 12.8. The number of nitrogens with zero attached hydrogens (tertiary/aromatic N) is 2. The lowest BCUT2D eigenvalue weighted by molar-refractivity contribution is 0.0733. The Morgan fingerprint density at radius 3 is 2.14 bits per heavy atom. The van der Waals surface area contributed by atoms with E-state index in [0.29, 0.717) is 13.1 Å². The molecule has 0 aliphatic carbocycles. The third kappa shape index (κ3) is 5.57. The molecule has 0 fully saturated rings. The molecule has 3 heterocycles. The number of aromatic nitrogens is 1. The summed E-state index contributed by atoms with van der Waals surface area (Å²) in [4.78, 5) is 23.2. The minimum atomic E-state index is 0.0680. The van der Waals surface area contributed by atoms with Crippen LogP contribution >= 0.6 is 45.8 Å². The number of thiophene rings is 2. The zero-order valence-corrected chi connectivity index (χ0v) is 19.2. The van der Waals surface area contributed by atoms with E-state index in [1.807, 2.05) is 48.2 Å². The molecule has 0 N–H and O–H groups in total. The predicted molar refractivity (Wildman–Crippen MR) is 125 cm³/mol. The van der Waals surface area contributed by atoms with Crippen LogP contribution in [0, 0.1) is 6.92 Å². The van der Waals surface area contributed by atoms with Crippen LogP contribution in [0.1, 0.15) is 30.8 Å². The van der Waals surface area contributed by atoms with E-state index in [0.717, 1.165) is 26.9 Å². The van der Waals surface area contributed by atoms with Crippen molar-refractivity contribution in [3.8, 4) is 0 Å². The summed E-state index contributed by atoms with van der Waals surface area (Å²) in [5.74, 6) is 0.916. The zero-order chi connectivity index (χ0) is 20.1. The molecule has 148 valence electrons. The van der Waals surface area contributed by atoms with Gasteiger partial charge in [0.15, 0.2) is 0 Å². The summed E-state index contributed by atoms with van der Waals surface area (Å²) in [5, 5.41) is 7.31. The molecule has 1 aromatic carbocycles. The summed E-state index contributed by atoms with van der Waals surface area (Å²) in [5.41, 5.74) is 1.84. The van der Waals surface area contributed by atoms with Crippen LogP contribution in [0.15, 0.2) is 69.6 Å². The second kappa shape index (κ2) is 9.71. The van der Waals surface area contributed by atoms with Crippen LogP contribution in [-0.4, -0.2) is 15.8 Å². The van der Waals surface area contributed by atoms with Gasteiger partial charge < -0.3 is 4.90 Å². The van der Waals surface area contributed by atoms with Crippen LogP contribution in [0.4, 0.5) is 0 Å². The second-order valence-corrected chi connectivity index (χ2v) is 10.7. The fourth-order valence-electron chi connectivity index (χ4n) is 2.89. The topological polar surface area (TPSA) is 33.2 Å². The van der Waals surface area contributed by atoms with Crippen molar-refractivity contribution in [1.29, 1.82) is 0 Å². The Labute approximate surface area is 187 Å². The number of benzene rings is 1. The Morgan fingerprint density at radius 1 is 0.966 bits per heavy atom. The molecule has 7 heteroatoms. The van der Waals surface area contributed by atoms with Crippen molar-refractivity contribution in [1.82, 2.24) is 9.88 Å². The standard InChI is InChI=1S/C22H20N2OS4/c1-16-23-18(14-28-16)15-29-19-8-6-17(7-9-19)22(25)24(12-20-4-2-10-26-20)13-21-5-3-11-27-21/h2-11,14H,12-13,15H2,1H3. The fraction of sp³-hybridized carbons (Fsp3) is 0.182. The van der Waals surface area contributed by atoms with Gasteiger partial charge in [0.05, 0.1) is 23.8 Å². The average Bonchev–Trinajstić information content (AvgIpc) is 3.50. The Morgan fingerprint density at radius 2 is 1.62 bits per heavy atom. The average molecular weight is 457 g/mol. The van der Waals surface area contributed by atoms with Crippen molar-refractivity contribution in [2.24, 2.45) is 0 Å².